The predicted octanol–water partition coefficient (Wildman–Crippen LogP) is 3.36. The maximum absolute atomic E-state index is 12.9. The molecule has 4 nitrogen and oxygen atoms in total. The number of benzene rings is 1. The number of para-hydroxylation sites is 1. The summed E-state index contributed by atoms with van der Waals surface area (Å²) >= 11 is 2.00. The first kappa shape index (κ1) is 15.6. The van der Waals surface area contributed by atoms with Crippen LogP contribution in [0.1, 0.15) is 29.6 Å². The highest BCUT2D eigenvalue weighted by atomic mass is 32.2. The van der Waals surface area contributed by atoms with E-state index in [-0.39, 0.29) is 10.7 Å². The molecule has 1 saturated carbocycles. The summed E-state index contributed by atoms with van der Waals surface area (Å²) in [6.45, 7) is 2.62. The Hall–Kier alpha value is -1.59. The molecule has 1 atom stereocenters. The molecule has 0 N–H and O–H groups in total. The Morgan fingerprint density at radius 1 is 1.28 bits per heavy atom. The van der Waals surface area contributed by atoms with Crippen molar-refractivity contribution < 1.29 is 9.53 Å². The van der Waals surface area contributed by atoms with E-state index in [1.807, 2.05) is 47.0 Å². The van der Waals surface area contributed by atoms with Crippen LogP contribution in [-0.4, -0.2) is 52.1 Å². The van der Waals surface area contributed by atoms with Gasteiger partial charge in [-0.2, -0.15) is 0 Å². The second-order valence-electron chi connectivity index (χ2n) is 7.63. The Bertz CT molecular complexity index is 809. The van der Waals surface area contributed by atoms with Crippen LogP contribution in [0.3, 0.4) is 0 Å². The van der Waals surface area contributed by atoms with Gasteiger partial charge in [0.1, 0.15) is 0 Å². The number of likely N-dealkylation sites (tertiary alicyclic amines) is 1. The Labute approximate surface area is 151 Å². The van der Waals surface area contributed by atoms with E-state index in [9.17, 15) is 4.79 Å². The maximum Gasteiger partial charge on any atom is 0.254 e. The van der Waals surface area contributed by atoms with Gasteiger partial charge in [0.2, 0.25) is 0 Å². The van der Waals surface area contributed by atoms with Gasteiger partial charge in [-0.15, -0.1) is 11.8 Å². The van der Waals surface area contributed by atoms with E-state index in [0.29, 0.717) is 6.10 Å². The van der Waals surface area contributed by atoms with E-state index in [4.69, 9.17) is 4.74 Å². The zero-order chi connectivity index (χ0) is 16.9. The Balaban J connectivity index is 1.25. The van der Waals surface area contributed by atoms with Gasteiger partial charge in [0.05, 0.1) is 21.9 Å². The molecule has 25 heavy (non-hydrogen) atoms. The second kappa shape index (κ2) is 5.99. The number of thioether (sulfide) groups is 1. The molecule has 5 heteroatoms. The molecule has 3 aliphatic rings. The molecule has 1 spiro atoms. The molecule has 1 aromatic heterocycles. The number of rotatable bonds is 4. The summed E-state index contributed by atoms with van der Waals surface area (Å²) in [4.78, 5) is 19.3. The molecular formula is C20H22N2O2S. The molecule has 130 valence electrons. The standard InChI is InChI=1S/C20H22N2O2S/c23-19(17-7-8-21-18-4-2-1-3-16(17)18)22-12-20(13-22)9-15(11-25-20)24-10-14-5-6-14/h1-4,7-8,14-15H,5-6,9-13H2/t15-/m1/s1. The smallest absolute Gasteiger partial charge is 0.254 e. The average molecular weight is 354 g/mol. The van der Waals surface area contributed by atoms with Gasteiger partial charge < -0.3 is 9.64 Å². The second-order valence-corrected chi connectivity index (χ2v) is 9.12. The fourth-order valence-corrected chi connectivity index (χ4v) is 5.48. The molecule has 1 amide bonds. The normalized spacial score (nSPS) is 24.6. The molecule has 0 radical (unpaired) electrons. The number of amides is 1. The number of carbonyl (C=O) groups excluding carboxylic acids is 1. The third-order valence-electron chi connectivity index (χ3n) is 5.56. The van der Waals surface area contributed by atoms with Crippen molar-refractivity contribution in [2.24, 2.45) is 5.92 Å². The monoisotopic (exact) mass is 354 g/mol. The lowest BCUT2D eigenvalue weighted by Crippen LogP contribution is -2.60. The third-order valence-corrected chi connectivity index (χ3v) is 7.14. The van der Waals surface area contributed by atoms with Crippen LogP contribution in [-0.2, 0) is 4.74 Å². The summed E-state index contributed by atoms with van der Waals surface area (Å²) in [6.07, 6.45) is 5.88. The summed E-state index contributed by atoms with van der Waals surface area (Å²) in [5, 5.41) is 0.945. The first-order valence-electron chi connectivity index (χ1n) is 9.11. The zero-order valence-electron chi connectivity index (χ0n) is 14.2. The van der Waals surface area contributed by atoms with E-state index >= 15 is 0 Å². The highest BCUT2D eigenvalue weighted by molar-refractivity contribution is 8.01. The van der Waals surface area contributed by atoms with E-state index < -0.39 is 0 Å². The largest absolute Gasteiger partial charge is 0.377 e. The molecule has 5 rings (SSSR count). The molecule has 2 aromatic rings. The summed E-state index contributed by atoms with van der Waals surface area (Å²) in [6, 6.07) is 9.71. The molecule has 0 unspecified atom stereocenters. The number of hydrogen-bond acceptors (Lipinski definition) is 4. The third kappa shape index (κ3) is 2.93. The number of ether oxygens (including phenoxy) is 1. The van der Waals surface area contributed by atoms with Gasteiger partial charge in [-0.1, -0.05) is 18.2 Å². The van der Waals surface area contributed by atoms with Gasteiger partial charge in [-0.05, 0) is 37.3 Å². The minimum atomic E-state index is 0.132. The van der Waals surface area contributed by atoms with Crippen LogP contribution in [0, 0.1) is 5.92 Å². The van der Waals surface area contributed by atoms with Gasteiger partial charge in [0, 0.05) is 37.0 Å². The summed E-state index contributed by atoms with van der Waals surface area (Å²) in [5.41, 5.74) is 1.65. The van der Waals surface area contributed by atoms with Crippen molar-refractivity contribution in [3.05, 3.63) is 42.1 Å². The molecule has 2 aliphatic heterocycles. The number of fused-ring (bicyclic) bond motifs is 1. The van der Waals surface area contributed by atoms with Crippen LogP contribution in [0.5, 0.6) is 0 Å². The van der Waals surface area contributed by atoms with E-state index in [2.05, 4.69) is 4.98 Å². The molecule has 1 aliphatic carbocycles. The highest BCUT2D eigenvalue weighted by Gasteiger charge is 2.51. The lowest BCUT2D eigenvalue weighted by molar-refractivity contribution is 0.0287. The van der Waals surface area contributed by atoms with Gasteiger partial charge in [0.25, 0.3) is 5.91 Å². The number of pyridine rings is 1. The van der Waals surface area contributed by atoms with Crippen molar-refractivity contribution >= 4 is 28.6 Å². The minimum Gasteiger partial charge on any atom is -0.377 e. The van der Waals surface area contributed by atoms with Gasteiger partial charge in [-0.25, -0.2) is 0 Å². The van der Waals surface area contributed by atoms with Crippen molar-refractivity contribution in [2.45, 2.75) is 30.1 Å². The molecule has 1 aromatic carbocycles. The minimum absolute atomic E-state index is 0.132. The quantitative estimate of drug-likeness (QED) is 0.844. The van der Waals surface area contributed by atoms with E-state index in [1.165, 1.54) is 12.8 Å². The SMILES string of the molecule is O=C(c1ccnc2ccccc12)N1CC2(C[C@@H](OCC3CC3)CS2)C1. The summed E-state index contributed by atoms with van der Waals surface area (Å²) < 4.78 is 6.29. The lowest BCUT2D eigenvalue weighted by Gasteiger charge is -2.47. The Morgan fingerprint density at radius 3 is 2.96 bits per heavy atom. The van der Waals surface area contributed by atoms with Gasteiger partial charge in [0.15, 0.2) is 0 Å². The Morgan fingerprint density at radius 2 is 2.12 bits per heavy atom. The maximum atomic E-state index is 12.9. The van der Waals surface area contributed by atoms with Crippen molar-refractivity contribution in [1.82, 2.24) is 9.88 Å². The molecule has 2 saturated heterocycles. The van der Waals surface area contributed by atoms with Crippen molar-refractivity contribution in [3.63, 3.8) is 0 Å². The van der Waals surface area contributed by atoms with E-state index in [1.54, 1.807) is 6.20 Å². The zero-order valence-corrected chi connectivity index (χ0v) is 15.0. The van der Waals surface area contributed by atoms with Crippen molar-refractivity contribution in [3.8, 4) is 0 Å². The highest BCUT2D eigenvalue weighted by Crippen LogP contribution is 2.47. The average Bonchev–Trinajstić information content (AvgIpc) is 3.35. The summed E-state index contributed by atoms with van der Waals surface area (Å²) in [5.74, 6) is 2.03. The Kier molecular flexibility index (Phi) is 3.75. The van der Waals surface area contributed by atoms with Crippen LogP contribution >= 0.6 is 11.8 Å². The van der Waals surface area contributed by atoms with Crippen LogP contribution in [0.25, 0.3) is 10.9 Å². The van der Waals surface area contributed by atoms with Gasteiger partial charge in [-0.3, -0.25) is 9.78 Å². The molecule has 3 heterocycles. The van der Waals surface area contributed by atoms with E-state index in [0.717, 1.165) is 54.3 Å². The lowest BCUT2D eigenvalue weighted by atomic mass is 9.92. The predicted molar refractivity (Wildman–Crippen MR) is 99.9 cm³/mol. The van der Waals surface area contributed by atoms with Gasteiger partial charge >= 0.3 is 0 Å². The van der Waals surface area contributed by atoms with Crippen molar-refractivity contribution in [2.75, 3.05) is 25.4 Å². The number of hydrogen-bond donors (Lipinski definition) is 0. The van der Waals surface area contributed by atoms with Crippen LogP contribution in [0.15, 0.2) is 36.5 Å². The first-order chi connectivity index (χ1) is 12.2. The number of aromatic nitrogens is 1. The molecule has 0 bridgehead atoms. The molecular weight excluding hydrogens is 332 g/mol. The topological polar surface area (TPSA) is 42.4 Å². The molecule has 3 fully saturated rings. The number of carbonyl (C=O) groups is 1. The fraction of sp³-hybridized carbons (Fsp3) is 0.500. The van der Waals surface area contributed by atoms with Crippen LogP contribution in [0.2, 0.25) is 0 Å². The first-order valence-corrected chi connectivity index (χ1v) is 10.1. The van der Waals surface area contributed by atoms with Crippen LogP contribution in [0.4, 0.5) is 0 Å². The fourth-order valence-electron chi connectivity index (χ4n) is 3.93. The van der Waals surface area contributed by atoms with Crippen molar-refractivity contribution in [1.29, 1.82) is 0 Å². The number of nitrogens with zero attached hydrogens (tertiary/aromatic N) is 2. The summed E-state index contributed by atoms with van der Waals surface area (Å²) in [7, 11) is 0. The van der Waals surface area contributed by atoms with Crippen LogP contribution < -0.4 is 0 Å².